The molecule has 0 saturated heterocycles. The van der Waals surface area contributed by atoms with E-state index in [0.717, 1.165) is 6.42 Å². The van der Waals surface area contributed by atoms with Gasteiger partial charge < -0.3 is 0 Å². The molecular formula is C7H13NO2. The van der Waals surface area contributed by atoms with Gasteiger partial charge in [0.05, 0.1) is 0 Å². The van der Waals surface area contributed by atoms with E-state index in [4.69, 9.17) is 0 Å². The predicted molar refractivity (Wildman–Crippen MR) is 38.3 cm³/mol. The summed E-state index contributed by atoms with van der Waals surface area (Å²) in [5, 5.41) is 10.2. The van der Waals surface area contributed by atoms with E-state index in [2.05, 4.69) is 20.8 Å². The Morgan fingerprint density at radius 1 is 1.50 bits per heavy atom. The van der Waals surface area contributed by atoms with Crippen molar-refractivity contribution in [1.29, 1.82) is 0 Å². The van der Waals surface area contributed by atoms with Crippen LogP contribution in [0.15, 0.2) is 0 Å². The summed E-state index contributed by atoms with van der Waals surface area (Å²) >= 11 is 0. The van der Waals surface area contributed by atoms with Gasteiger partial charge in [-0.25, -0.2) is 0 Å². The molecule has 1 fully saturated rings. The molecule has 0 aliphatic heterocycles. The van der Waals surface area contributed by atoms with Crippen LogP contribution in [0.4, 0.5) is 0 Å². The molecule has 1 rings (SSSR count). The van der Waals surface area contributed by atoms with Gasteiger partial charge in [-0.3, -0.25) is 10.1 Å². The van der Waals surface area contributed by atoms with Crippen molar-refractivity contribution in [3.63, 3.8) is 0 Å². The summed E-state index contributed by atoms with van der Waals surface area (Å²) in [7, 11) is 0. The maximum atomic E-state index is 10.2. The summed E-state index contributed by atoms with van der Waals surface area (Å²) in [6.07, 6.45) is 0.774. The third-order valence-corrected chi connectivity index (χ3v) is 2.14. The molecule has 0 heterocycles. The lowest BCUT2D eigenvalue weighted by molar-refractivity contribution is -0.499. The van der Waals surface area contributed by atoms with Crippen molar-refractivity contribution in [2.24, 2.45) is 11.3 Å². The van der Waals surface area contributed by atoms with Crippen LogP contribution in [0, 0.1) is 21.4 Å². The molecule has 0 radical (unpaired) electrons. The first-order valence-corrected chi connectivity index (χ1v) is 3.56. The standard InChI is InChI=1S/C7H13NO2/c1-7(2,3)5-4-6(5)8(9)10/h5-6H,4H2,1-3H3/t5-,6-/m0/s1. The molecule has 2 atom stereocenters. The van der Waals surface area contributed by atoms with E-state index in [1.54, 1.807) is 0 Å². The fourth-order valence-electron chi connectivity index (χ4n) is 1.35. The van der Waals surface area contributed by atoms with E-state index in [9.17, 15) is 10.1 Å². The van der Waals surface area contributed by atoms with Crippen molar-refractivity contribution in [3.05, 3.63) is 10.1 Å². The number of rotatable bonds is 1. The SMILES string of the molecule is CC(C)(C)[C@H]1C[C@@H]1[N+](=O)[O-]. The molecule has 58 valence electrons. The third-order valence-electron chi connectivity index (χ3n) is 2.14. The molecule has 1 aliphatic rings. The quantitative estimate of drug-likeness (QED) is 0.414. The Morgan fingerprint density at radius 2 is 2.00 bits per heavy atom. The summed E-state index contributed by atoms with van der Waals surface area (Å²) in [5.74, 6) is 0.308. The van der Waals surface area contributed by atoms with Crippen LogP contribution in [0.1, 0.15) is 27.2 Å². The normalized spacial score (nSPS) is 31.9. The second kappa shape index (κ2) is 1.94. The average Bonchev–Trinajstić information content (AvgIpc) is 2.35. The van der Waals surface area contributed by atoms with Gasteiger partial charge in [0, 0.05) is 17.3 Å². The Bertz CT molecular complexity index is 159. The Kier molecular flexibility index (Phi) is 1.46. The van der Waals surface area contributed by atoms with Crippen molar-refractivity contribution >= 4 is 0 Å². The highest BCUT2D eigenvalue weighted by atomic mass is 16.6. The van der Waals surface area contributed by atoms with Crippen LogP contribution >= 0.6 is 0 Å². The molecule has 3 nitrogen and oxygen atoms in total. The van der Waals surface area contributed by atoms with E-state index in [0.29, 0.717) is 5.92 Å². The second-order valence-corrected chi connectivity index (χ2v) is 4.06. The van der Waals surface area contributed by atoms with E-state index in [1.807, 2.05) is 0 Å². The van der Waals surface area contributed by atoms with Crippen LogP contribution in [0.2, 0.25) is 0 Å². The van der Waals surface area contributed by atoms with Gasteiger partial charge in [-0.05, 0) is 5.41 Å². The predicted octanol–water partition coefficient (Wildman–Crippen LogP) is 1.70. The monoisotopic (exact) mass is 143 g/mol. The first kappa shape index (κ1) is 7.51. The van der Waals surface area contributed by atoms with Crippen LogP contribution < -0.4 is 0 Å². The smallest absolute Gasteiger partial charge is 0.217 e. The molecular weight excluding hydrogens is 130 g/mol. The van der Waals surface area contributed by atoms with E-state index >= 15 is 0 Å². The molecule has 0 N–H and O–H groups in total. The Hall–Kier alpha value is -0.600. The summed E-state index contributed by atoms with van der Waals surface area (Å²) < 4.78 is 0. The summed E-state index contributed by atoms with van der Waals surface area (Å²) in [6, 6.07) is -0.250. The summed E-state index contributed by atoms with van der Waals surface area (Å²) in [5.41, 5.74) is 0.123. The van der Waals surface area contributed by atoms with Crippen molar-refractivity contribution in [1.82, 2.24) is 0 Å². The summed E-state index contributed by atoms with van der Waals surface area (Å²) in [4.78, 5) is 10.1. The highest BCUT2D eigenvalue weighted by Crippen LogP contribution is 2.46. The van der Waals surface area contributed by atoms with Gasteiger partial charge in [0.25, 0.3) is 0 Å². The molecule has 3 heteroatoms. The molecule has 0 spiro atoms. The van der Waals surface area contributed by atoms with Gasteiger partial charge in [0.1, 0.15) is 0 Å². The molecule has 0 aromatic carbocycles. The van der Waals surface area contributed by atoms with Crippen molar-refractivity contribution < 1.29 is 4.92 Å². The number of nitro groups is 1. The van der Waals surface area contributed by atoms with Crippen LogP contribution in [-0.4, -0.2) is 11.0 Å². The van der Waals surface area contributed by atoms with Gasteiger partial charge >= 0.3 is 0 Å². The molecule has 0 aromatic heterocycles. The van der Waals surface area contributed by atoms with Gasteiger partial charge in [0.2, 0.25) is 6.04 Å². The first-order valence-electron chi connectivity index (χ1n) is 3.56. The molecule has 0 aromatic rings. The molecule has 10 heavy (non-hydrogen) atoms. The van der Waals surface area contributed by atoms with Crippen LogP contribution in [0.5, 0.6) is 0 Å². The third kappa shape index (κ3) is 1.28. The van der Waals surface area contributed by atoms with Crippen LogP contribution in [-0.2, 0) is 0 Å². The lowest BCUT2D eigenvalue weighted by atomic mass is 9.90. The minimum Gasteiger partial charge on any atom is -0.264 e. The van der Waals surface area contributed by atoms with Gasteiger partial charge in [-0.1, -0.05) is 20.8 Å². The Morgan fingerprint density at radius 3 is 2.10 bits per heavy atom. The zero-order valence-corrected chi connectivity index (χ0v) is 6.63. The van der Waals surface area contributed by atoms with Crippen LogP contribution in [0.25, 0.3) is 0 Å². The number of nitrogens with zero attached hydrogens (tertiary/aromatic N) is 1. The lowest BCUT2D eigenvalue weighted by Crippen LogP contribution is -2.15. The van der Waals surface area contributed by atoms with Gasteiger partial charge in [-0.2, -0.15) is 0 Å². The zero-order chi connectivity index (χ0) is 7.94. The highest BCUT2D eigenvalue weighted by molar-refractivity contribution is 4.94. The van der Waals surface area contributed by atoms with E-state index < -0.39 is 0 Å². The van der Waals surface area contributed by atoms with Gasteiger partial charge in [0.15, 0.2) is 0 Å². The van der Waals surface area contributed by atoms with Crippen LogP contribution in [0.3, 0.4) is 0 Å². The minimum absolute atomic E-state index is 0.123. The molecule has 0 amide bonds. The Labute approximate surface area is 60.6 Å². The van der Waals surface area contributed by atoms with Gasteiger partial charge in [-0.15, -0.1) is 0 Å². The minimum atomic E-state index is -0.250. The molecule has 0 unspecified atom stereocenters. The zero-order valence-electron chi connectivity index (χ0n) is 6.63. The van der Waals surface area contributed by atoms with E-state index in [1.165, 1.54) is 0 Å². The summed E-state index contributed by atoms with van der Waals surface area (Å²) in [6.45, 7) is 6.17. The molecule has 1 aliphatic carbocycles. The fourth-order valence-corrected chi connectivity index (χ4v) is 1.35. The maximum Gasteiger partial charge on any atom is 0.217 e. The molecule has 0 bridgehead atoms. The van der Waals surface area contributed by atoms with E-state index in [-0.39, 0.29) is 16.4 Å². The maximum absolute atomic E-state index is 10.2. The molecule has 1 saturated carbocycles. The average molecular weight is 143 g/mol. The Balaban J connectivity index is 2.46. The lowest BCUT2D eigenvalue weighted by Gasteiger charge is -2.14. The number of hydrogen-bond donors (Lipinski definition) is 0. The first-order chi connectivity index (χ1) is 4.43. The second-order valence-electron chi connectivity index (χ2n) is 4.06. The van der Waals surface area contributed by atoms with Crippen molar-refractivity contribution in [3.8, 4) is 0 Å². The van der Waals surface area contributed by atoms with Crippen molar-refractivity contribution in [2.75, 3.05) is 0 Å². The topological polar surface area (TPSA) is 43.1 Å². The largest absolute Gasteiger partial charge is 0.264 e. The van der Waals surface area contributed by atoms with Crippen molar-refractivity contribution in [2.45, 2.75) is 33.2 Å². The fraction of sp³-hybridized carbons (Fsp3) is 1.00. The number of hydrogen-bond acceptors (Lipinski definition) is 2. The highest BCUT2D eigenvalue weighted by Gasteiger charge is 2.54.